The van der Waals surface area contributed by atoms with E-state index in [-0.39, 0.29) is 6.10 Å². The summed E-state index contributed by atoms with van der Waals surface area (Å²) in [5.74, 6) is 0.843. The van der Waals surface area contributed by atoms with Crippen molar-refractivity contribution in [2.75, 3.05) is 20.1 Å². The molecule has 1 aliphatic rings. The van der Waals surface area contributed by atoms with Gasteiger partial charge in [0.1, 0.15) is 11.9 Å². The Morgan fingerprint density at radius 2 is 1.94 bits per heavy atom. The minimum Gasteiger partial charge on any atom is -0.489 e. The zero-order chi connectivity index (χ0) is 13.0. The van der Waals surface area contributed by atoms with Gasteiger partial charge in [0.05, 0.1) is 4.90 Å². The van der Waals surface area contributed by atoms with E-state index in [2.05, 4.69) is 11.9 Å². The van der Waals surface area contributed by atoms with Crippen LogP contribution in [0.5, 0.6) is 5.75 Å². The molecule has 0 radical (unpaired) electrons. The summed E-state index contributed by atoms with van der Waals surface area (Å²) < 4.78 is 6.06. The Morgan fingerprint density at radius 3 is 2.56 bits per heavy atom. The summed E-state index contributed by atoms with van der Waals surface area (Å²) in [5, 5.41) is 0. The lowest BCUT2D eigenvalue weighted by atomic mass is 10.1. The fourth-order valence-corrected chi connectivity index (χ4v) is 4.03. The number of hydrogen-bond acceptors (Lipinski definition) is 4. The number of rotatable bonds is 4. The molecule has 0 N–H and O–H groups in total. The molecule has 1 heterocycles. The molecule has 6 heteroatoms. The highest BCUT2D eigenvalue weighted by Crippen LogP contribution is 2.41. The lowest BCUT2D eigenvalue weighted by Crippen LogP contribution is -2.35. The number of benzene rings is 1. The summed E-state index contributed by atoms with van der Waals surface area (Å²) in [5.41, 5.74) is 0. The van der Waals surface area contributed by atoms with Crippen molar-refractivity contribution in [2.24, 2.45) is 0 Å². The normalized spacial score (nSPS) is 17.9. The molecule has 0 amide bonds. The first-order valence-electron chi connectivity index (χ1n) is 5.80. The number of hydrogen-bond donors (Lipinski definition) is 0. The lowest BCUT2D eigenvalue weighted by Gasteiger charge is -2.29. The van der Waals surface area contributed by atoms with E-state index in [0.29, 0.717) is 0 Å². The second-order valence-corrected chi connectivity index (χ2v) is 6.44. The highest BCUT2D eigenvalue weighted by Gasteiger charge is 2.20. The molecule has 0 aliphatic carbocycles. The molecule has 1 aromatic carbocycles. The fraction of sp³-hybridized carbons (Fsp3) is 0.500. The Bertz CT molecular complexity index is 398. The third kappa shape index (κ3) is 3.64. The van der Waals surface area contributed by atoms with E-state index >= 15 is 0 Å². The number of piperidine rings is 1. The van der Waals surface area contributed by atoms with Crippen LogP contribution in [0.2, 0.25) is 0 Å². The summed E-state index contributed by atoms with van der Waals surface area (Å²) >= 11 is 0. The minimum absolute atomic E-state index is 0.277. The SMILES string of the molecule is CN1CCC(Oc2cccc(SCl)c2SCl)CC1. The molecule has 1 saturated heterocycles. The Kier molecular flexibility index (Phi) is 5.83. The summed E-state index contributed by atoms with van der Waals surface area (Å²) in [7, 11) is 16.2. The number of ether oxygens (including phenoxy) is 1. The first kappa shape index (κ1) is 14.7. The summed E-state index contributed by atoms with van der Waals surface area (Å²) in [4.78, 5) is 4.18. The standard InChI is InChI=1S/C12H15Cl2NOS2/c1-15-7-5-9(6-8-15)16-10-3-2-4-11(17-13)12(10)18-14/h2-4,9H,5-8H2,1H3. The monoisotopic (exact) mass is 323 g/mol. The van der Waals surface area contributed by atoms with Crippen LogP contribution in [0, 0.1) is 0 Å². The van der Waals surface area contributed by atoms with E-state index in [1.807, 2.05) is 18.2 Å². The highest BCUT2D eigenvalue weighted by molar-refractivity contribution is 8.23. The molecule has 0 unspecified atom stereocenters. The molecule has 2 rings (SSSR count). The Hall–Kier alpha value is 0.260. The summed E-state index contributed by atoms with van der Waals surface area (Å²) in [6, 6.07) is 5.86. The fourth-order valence-electron chi connectivity index (χ4n) is 2.01. The van der Waals surface area contributed by atoms with Gasteiger partial charge in [0, 0.05) is 18.0 Å². The number of halogens is 2. The molecule has 2 nitrogen and oxygen atoms in total. The minimum atomic E-state index is 0.277. The Labute approximate surface area is 125 Å². The van der Waals surface area contributed by atoms with E-state index in [0.717, 1.165) is 41.5 Å². The van der Waals surface area contributed by atoms with Gasteiger partial charge in [-0.15, -0.1) is 0 Å². The van der Waals surface area contributed by atoms with Crippen molar-refractivity contribution in [3.8, 4) is 5.75 Å². The van der Waals surface area contributed by atoms with Crippen LogP contribution in [0.1, 0.15) is 12.8 Å². The molecular formula is C12H15Cl2NOS2. The van der Waals surface area contributed by atoms with Crippen molar-refractivity contribution in [1.29, 1.82) is 0 Å². The van der Waals surface area contributed by atoms with Crippen molar-refractivity contribution in [2.45, 2.75) is 28.7 Å². The number of likely N-dealkylation sites (tertiary alicyclic amines) is 1. The largest absolute Gasteiger partial charge is 0.489 e. The third-order valence-corrected chi connectivity index (χ3v) is 5.23. The summed E-state index contributed by atoms with van der Waals surface area (Å²) in [6.45, 7) is 2.16. The first-order valence-corrected chi connectivity index (χ1v) is 9.08. The van der Waals surface area contributed by atoms with Crippen LogP contribution in [0.3, 0.4) is 0 Å². The van der Waals surface area contributed by atoms with Gasteiger partial charge >= 0.3 is 0 Å². The lowest BCUT2D eigenvalue weighted by molar-refractivity contribution is 0.111. The van der Waals surface area contributed by atoms with Crippen LogP contribution in [-0.2, 0) is 0 Å². The molecule has 0 atom stereocenters. The molecule has 0 aromatic heterocycles. The van der Waals surface area contributed by atoms with Gasteiger partial charge in [-0.2, -0.15) is 0 Å². The van der Waals surface area contributed by atoms with Crippen LogP contribution in [-0.4, -0.2) is 31.1 Å². The van der Waals surface area contributed by atoms with E-state index in [4.69, 9.17) is 26.1 Å². The average Bonchev–Trinajstić information content (AvgIpc) is 2.41. The Balaban J connectivity index is 2.09. The van der Waals surface area contributed by atoms with E-state index in [1.165, 1.54) is 22.0 Å². The van der Waals surface area contributed by atoms with E-state index < -0.39 is 0 Å². The van der Waals surface area contributed by atoms with Gasteiger partial charge in [-0.3, -0.25) is 0 Å². The topological polar surface area (TPSA) is 12.5 Å². The van der Waals surface area contributed by atoms with Gasteiger partial charge < -0.3 is 9.64 Å². The predicted molar refractivity (Wildman–Crippen MR) is 81.0 cm³/mol. The second kappa shape index (κ2) is 7.15. The van der Waals surface area contributed by atoms with Crippen molar-refractivity contribution >= 4 is 43.3 Å². The van der Waals surface area contributed by atoms with Gasteiger partial charge in [-0.05, 0) is 75.3 Å². The molecule has 1 fully saturated rings. The maximum Gasteiger partial charge on any atom is 0.135 e. The number of nitrogens with zero attached hydrogens (tertiary/aromatic N) is 1. The molecule has 18 heavy (non-hydrogen) atoms. The van der Waals surface area contributed by atoms with Crippen LogP contribution in [0.4, 0.5) is 0 Å². The molecule has 1 aromatic rings. The maximum absolute atomic E-state index is 6.06. The van der Waals surface area contributed by atoms with Crippen LogP contribution in [0.25, 0.3) is 0 Å². The second-order valence-electron chi connectivity index (χ2n) is 4.36. The van der Waals surface area contributed by atoms with Gasteiger partial charge in [0.25, 0.3) is 0 Å². The van der Waals surface area contributed by atoms with Gasteiger partial charge in [0.2, 0.25) is 0 Å². The van der Waals surface area contributed by atoms with Crippen molar-refractivity contribution in [1.82, 2.24) is 4.90 Å². The van der Waals surface area contributed by atoms with Gasteiger partial charge in [-0.1, -0.05) is 6.07 Å². The van der Waals surface area contributed by atoms with E-state index in [1.54, 1.807) is 0 Å². The quantitative estimate of drug-likeness (QED) is 0.799. The first-order chi connectivity index (χ1) is 8.74. The highest BCUT2D eigenvalue weighted by atomic mass is 35.7. The molecule has 1 aliphatic heterocycles. The van der Waals surface area contributed by atoms with Crippen molar-refractivity contribution in [3.63, 3.8) is 0 Å². The molecular weight excluding hydrogens is 309 g/mol. The molecule has 0 spiro atoms. The average molecular weight is 324 g/mol. The molecule has 0 saturated carbocycles. The predicted octanol–water partition coefficient (Wildman–Crippen LogP) is 4.65. The van der Waals surface area contributed by atoms with Crippen LogP contribution < -0.4 is 4.74 Å². The van der Waals surface area contributed by atoms with Crippen molar-refractivity contribution in [3.05, 3.63) is 18.2 Å². The van der Waals surface area contributed by atoms with Crippen LogP contribution in [0.15, 0.2) is 28.0 Å². The smallest absolute Gasteiger partial charge is 0.135 e. The Morgan fingerprint density at radius 1 is 1.22 bits per heavy atom. The van der Waals surface area contributed by atoms with Gasteiger partial charge in [-0.25, -0.2) is 0 Å². The molecule has 0 bridgehead atoms. The zero-order valence-corrected chi connectivity index (χ0v) is 13.2. The zero-order valence-electron chi connectivity index (χ0n) is 10.1. The van der Waals surface area contributed by atoms with Crippen LogP contribution >= 0.6 is 43.3 Å². The maximum atomic E-state index is 6.06. The summed E-state index contributed by atoms with van der Waals surface area (Å²) in [6.07, 6.45) is 2.39. The van der Waals surface area contributed by atoms with E-state index in [9.17, 15) is 0 Å². The van der Waals surface area contributed by atoms with Gasteiger partial charge in [0.15, 0.2) is 0 Å². The third-order valence-electron chi connectivity index (χ3n) is 3.06. The van der Waals surface area contributed by atoms with Crippen molar-refractivity contribution < 1.29 is 4.74 Å². The molecule has 100 valence electrons.